The Labute approximate surface area is 581 Å². The Morgan fingerprint density at radius 1 is 0.302 bits per heavy atom. The normalized spacial score (nSPS) is 14.7. The largest absolute Gasteiger partial charge is 0.472 e. The molecule has 0 fully saturated rings. The molecule has 0 radical (unpaired) electrons. The standard InChI is InChI=1S/C77H130O17P2/c1-5-9-13-17-21-25-29-33-35-39-41-45-49-53-57-61-74(79)87-67-72(93-76(81)63-59-55-51-47-43-37-31-27-23-19-15-11-7-3)69-91-95(83,84)89-65-71(78)66-90-96(85,86)92-70-73(94-77(82)64-60-56-52-48-44-38-32-28-24-20-16-12-8-4)68-88-75(80)62-58-54-50-46-42-40-36-34-30-26-22-18-14-10-6-2/h9-10,13-16,19-22,25-28,31-36,71-73,78H,5-8,11-12,17-18,23-24,29-30,37-70H2,1-4H3,(H,83,84)(H,85,86)/b13-9-,14-10-,19-15-,20-16-,25-21-,26-22-,31-27-,32-28-,35-33-,36-34-. The van der Waals surface area contributed by atoms with Crippen LogP contribution in [0.15, 0.2) is 122 Å². The zero-order valence-electron chi connectivity index (χ0n) is 59.8. The van der Waals surface area contributed by atoms with Crippen LogP contribution in [0, 0.1) is 0 Å². The summed E-state index contributed by atoms with van der Waals surface area (Å²) in [7, 11) is -9.96. The molecule has 0 aromatic rings. The zero-order chi connectivity index (χ0) is 70.4. The molecular formula is C77H130O17P2. The fourth-order valence-corrected chi connectivity index (χ4v) is 10.9. The Bertz CT molecular complexity index is 2140. The molecule has 0 aromatic carbocycles. The van der Waals surface area contributed by atoms with Crippen LogP contribution in [0.1, 0.15) is 285 Å². The van der Waals surface area contributed by atoms with Gasteiger partial charge in [-0.05, 0) is 141 Å². The maximum Gasteiger partial charge on any atom is 0.472 e. The summed E-state index contributed by atoms with van der Waals surface area (Å²) >= 11 is 0. The topological polar surface area (TPSA) is 237 Å². The van der Waals surface area contributed by atoms with Gasteiger partial charge in [0.15, 0.2) is 12.2 Å². The fraction of sp³-hybridized carbons (Fsp3) is 0.688. The van der Waals surface area contributed by atoms with Gasteiger partial charge in [-0.1, -0.05) is 239 Å². The Kier molecular flexibility index (Phi) is 65.7. The van der Waals surface area contributed by atoms with E-state index in [4.69, 9.17) is 37.0 Å². The van der Waals surface area contributed by atoms with E-state index in [1.54, 1.807) is 0 Å². The molecule has 0 saturated carbocycles. The molecule has 0 aliphatic rings. The number of unbranched alkanes of at least 4 members (excludes halogenated alkanes) is 22. The number of carbonyl (C=O) groups is 4. The van der Waals surface area contributed by atoms with Gasteiger partial charge in [0.2, 0.25) is 0 Å². The van der Waals surface area contributed by atoms with E-state index in [-0.39, 0.29) is 25.7 Å². The van der Waals surface area contributed by atoms with E-state index in [0.29, 0.717) is 25.7 Å². The predicted molar refractivity (Wildman–Crippen MR) is 390 cm³/mol. The van der Waals surface area contributed by atoms with E-state index in [1.165, 1.54) is 0 Å². The van der Waals surface area contributed by atoms with Crippen LogP contribution in [0.2, 0.25) is 0 Å². The number of hydrogen-bond donors (Lipinski definition) is 3. The summed E-state index contributed by atoms with van der Waals surface area (Å²) in [5.74, 6) is -2.25. The van der Waals surface area contributed by atoms with Crippen molar-refractivity contribution in [3.05, 3.63) is 122 Å². The van der Waals surface area contributed by atoms with Crippen molar-refractivity contribution >= 4 is 39.5 Å². The minimum Gasteiger partial charge on any atom is -0.462 e. The molecule has 0 aliphatic carbocycles. The van der Waals surface area contributed by atoms with Crippen molar-refractivity contribution < 1.29 is 80.2 Å². The molecule has 0 rings (SSSR count). The van der Waals surface area contributed by atoms with Gasteiger partial charge >= 0.3 is 39.5 Å². The first-order valence-electron chi connectivity index (χ1n) is 36.8. The molecule has 0 saturated heterocycles. The van der Waals surface area contributed by atoms with Crippen LogP contribution in [-0.2, 0) is 65.4 Å². The van der Waals surface area contributed by atoms with E-state index < -0.39 is 97.5 Å². The molecule has 550 valence electrons. The second kappa shape index (κ2) is 69.0. The van der Waals surface area contributed by atoms with Gasteiger partial charge in [0.25, 0.3) is 0 Å². The van der Waals surface area contributed by atoms with Crippen molar-refractivity contribution in [2.24, 2.45) is 0 Å². The Morgan fingerprint density at radius 2 is 0.542 bits per heavy atom. The number of phosphoric acid groups is 2. The summed E-state index contributed by atoms with van der Waals surface area (Å²) < 4.78 is 68.3. The van der Waals surface area contributed by atoms with Crippen molar-refractivity contribution in [2.75, 3.05) is 39.6 Å². The van der Waals surface area contributed by atoms with Crippen LogP contribution in [0.4, 0.5) is 0 Å². The monoisotopic (exact) mass is 1390 g/mol. The van der Waals surface area contributed by atoms with E-state index in [0.717, 1.165) is 205 Å². The molecule has 4 unspecified atom stereocenters. The lowest BCUT2D eigenvalue weighted by Crippen LogP contribution is -2.30. The summed E-state index contributed by atoms with van der Waals surface area (Å²) in [6.07, 6.45) is 73.4. The van der Waals surface area contributed by atoms with Crippen molar-refractivity contribution in [3.63, 3.8) is 0 Å². The van der Waals surface area contributed by atoms with Gasteiger partial charge in [-0.2, -0.15) is 0 Å². The summed E-state index contributed by atoms with van der Waals surface area (Å²) in [6.45, 7) is 4.43. The molecule has 96 heavy (non-hydrogen) atoms. The highest BCUT2D eigenvalue weighted by Gasteiger charge is 2.30. The Hall–Kier alpha value is -4.54. The summed E-state index contributed by atoms with van der Waals surface area (Å²) in [5, 5.41) is 10.6. The molecule has 4 atom stereocenters. The quantitative estimate of drug-likeness (QED) is 0.0169. The van der Waals surface area contributed by atoms with Gasteiger partial charge in [-0.25, -0.2) is 9.13 Å². The molecule has 17 nitrogen and oxygen atoms in total. The Morgan fingerprint density at radius 3 is 0.833 bits per heavy atom. The van der Waals surface area contributed by atoms with Gasteiger partial charge in [0.05, 0.1) is 26.4 Å². The number of rotatable bonds is 68. The number of aliphatic hydroxyl groups excluding tert-OH is 1. The van der Waals surface area contributed by atoms with Crippen LogP contribution in [0.3, 0.4) is 0 Å². The summed E-state index contributed by atoms with van der Waals surface area (Å²) in [5.41, 5.74) is 0. The summed E-state index contributed by atoms with van der Waals surface area (Å²) in [4.78, 5) is 72.7. The maximum absolute atomic E-state index is 13.1. The third-order valence-corrected chi connectivity index (χ3v) is 16.8. The van der Waals surface area contributed by atoms with Gasteiger partial charge < -0.3 is 33.8 Å². The zero-order valence-corrected chi connectivity index (χ0v) is 61.5. The highest BCUT2D eigenvalue weighted by molar-refractivity contribution is 7.47. The molecule has 0 heterocycles. The average molecular weight is 1390 g/mol. The highest BCUT2D eigenvalue weighted by atomic mass is 31.2. The van der Waals surface area contributed by atoms with E-state index in [1.807, 2.05) is 0 Å². The first kappa shape index (κ1) is 91.5. The smallest absolute Gasteiger partial charge is 0.462 e. The summed E-state index contributed by atoms with van der Waals surface area (Å²) in [6, 6.07) is 0. The average Bonchev–Trinajstić information content (AvgIpc) is 1.14. The number of hydrogen-bond acceptors (Lipinski definition) is 15. The maximum atomic E-state index is 13.1. The molecule has 3 N–H and O–H groups in total. The number of phosphoric ester groups is 2. The van der Waals surface area contributed by atoms with Crippen LogP contribution in [0.25, 0.3) is 0 Å². The van der Waals surface area contributed by atoms with Crippen molar-refractivity contribution in [1.82, 2.24) is 0 Å². The minimum atomic E-state index is -4.98. The van der Waals surface area contributed by atoms with Crippen LogP contribution < -0.4 is 0 Å². The fourth-order valence-electron chi connectivity index (χ4n) is 9.32. The molecular weight excluding hydrogens is 1260 g/mol. The third-order valence-electron chi connectivity index (χ3n) is 14.9. The second-order valence-electron chi connectivity index (χ2n) is 24.1. The number of ether oxygens (including phenoxy) is 4. The van der Waals surface area contributed by atoms with Gasteiger partial charge in [-0.3, -0.25) is 37.3 Å². The first-order valence-corrected chi connectivity index (χ1v) is 39.8. The van der Waals surface area contributed by atoms with E-state index >= 15 is 0 Å². The Balaban J connectivity index is 5.38. The number of aliphatic hydroxyl groups is 1. The number of carbonyl (C=O) groups excluding carboxylic acids is 4. The molecule has 0 aliphatic heterocycles. The number of esters is 4. The van der Waals surface area contributed by atoms with Crippen molar-refractivity contribution in [2.45, 2.75) is 303 Å². The van der Waals surface area contributed by atoms with E-state index in [9.17, 15) is 43.2 Å². The molecule has 0 bridgehead atoms. The third kappa shape index (κ3) is 68.0. The second-order valence-corrected chi connectivity index (χ2v) is 27.0. The molecule has 0 amide bonds. The van der Waals surface area contributed by atoms with Gasteiger partial charge in [0.1, 0.15) is 19.3 Å². The SMILES string of the molecule is CC/C=C\C/C=C\C/C=C\CCCCCCCC(=O)OCC(COP(=O)(O)OCC(O)COP(=O)(O)OCC(COC(=O)CCCCCCC/C=C\C/C=C\C/C=C\CC)OC(=O)CCCCCCC/C=C\C/C=C\CCC)OC(=O)CCCCCCC/C=C\C/C=C\CCC. The van der Waals surface area contributed by atoms with Gasteiger partial charge in [0, 0.05) is 25.7 Å². The highest BCUT2D eigenvalue weighted by Crippen LogP contribution is 2.45. The molecule has 19 heteroatoms. The lowest BCUT2D eigenvalue weighted by Gasteiger charge is -2.21. The lowest BCUT2D eigenvalue weighted by atomic mass is 10.1. The van der Waals surface area contributed by atoms with Crippen LogP contribution in [-0.4, -0.2) is 96.7 Å². The van der Waals surface area contributed by atoms with Crippen molar-refractivity contribution in [1.29, 1.82) is 0 Å². The molecule has 0 aromatic heterocycles. The van der Waals surface area contributed by atoms with Crippen molar-refractivity contribution in [3.8, 4) is 0 Å². The van der Waals surface area contributed by atoms with Crippen LogP contribution >= 0.6 is 15.6 Å². The van der Waals surface area contributed by atoms with E-state index in [2.05, 4.69) is 149 Å². The van der Waals surface area contributed by atoms with Crippen LogP contribution in [0.5, 0.6) is 0 Å². The number of allylic oxidation sites excluding steroid dienone is 20. The first-order chi connectivity index (χ1) is 46.7. The molecule has 0 spiro atoms. The lowest BCUT2D eigenvalue weighted by molar-refractivity contribution is -0.161. The van der Waals surface area contributed by atoms with Gasteiger partial charge in [-0.15, -0.1) is 0 Å². The minimum absolute atomic E-state index is 0.0720. The predicted octanol–water partition coefficient (Wildman–Crippen LogP) is 20.8.